The van der Waals surface area contributed by atoms with Crippen LogP contribution in [0.3, 0.4) is 0 Å². The highest BCUT2D eigenvalue weighted by Crippen LogP contribution is 2.53. The summed E-state index contributed by atoms with van der Waals surface area (Å²) < 4.78 is 0. The normalized spacial score (nSPS) is 41.3. The second-order valence-electron chi connectivity index (χ2n) is 42.4. The monoisotopic (exact) mass is 1620 g/mol. The van der Waals surface area contributed by atoms with Crippen LogP contribution in [0.15, 0.2) is 0 Å². The van der Waals surface area contributed by atoms with Gasteiger partial charge >= 0.3 is 0 Å². The molecule has 656 valence electrons. The fourth-order valence-corrected chi connectivity index (χ4v) is 28.0. The van der Waals surface area contributed by atoms with E-state index in [1.54, 1.807) is 0 Å². The molecule has 17 rings (SSSR count). The molecule has 24 atom stereocenters. The van der Waals surface area contributed by atoms with Crippen molar-refractivity contribution in [2.75, 3.05) is 113 Å². The van der Waals surface area contributed by atoms with Gasteiger partial charge in [-0.15, -0.1) is 0 Å². The Morgan fingerprint density at radius 1 is 0.313 bits per heavy atom. The Hall–Kier alpha value is -3.07. The van der Waals surface area contributed by atoms with Crippen molar-refractivity contribution in [3.05, 3.63) is 0 Å². The first-order valence-corrected chi connectivity index (χ1v) is 50.0. The SMILES string of the molecule is CNC1CC(C)CCN(C23CCC(CC2)C3)C1=O.CNC1CC(C)CCN(C2CC3CCCC2C3)C1=O.CNC1CC(C)CCN(CC2CC3CCC(C3)C2)C1=O.CNC1CC(C)CCN(CC2CC3CCC2C3)C1=O.CNC1CC(C)CCN(CC2CC3CCCC2C3)C1=O.CNC1CC(C)CCN(CC2CCCCCS2)C1=O. The molecule has 7 heterocycles. The van der Waals surface area contributed by atoms with Crippen LogP contribution in [0.2, 0.25) is 0 Å². The zero-order valence-electron chi connectivity index (χ0n) is 75.1. The number of fused-ring (bicyclic) bond motifs is 10. The number of nitrogens with one attached hydrogen (secondary N) is 6. The Kier molecular flexibility index (Phi) is 34.7. The molecule has 19 heteroatoms. The molecule has 24 unspecified atom stereocenters. The topological polar surface area (TPSA) is 194 Å². The maximum Gasteiger partial charge on any atom is 0.240 e. The van der Waals surface area contributed by atoms with Crippen LogP contribution in [0.5, 0.6) is 0 Å². The lowest BCUT2D eigenvalue weighted by molar-refractivity contribution is -0.139. The van der Waals surface area contributed by atoms with Gasteiger partial charge in [-0.25, -0.2) is 0 Å². The van der Waals surface area contributed by atoms with Gasteiger partial charge in [0.2, 0.25) is 35.4 Å². The summed E-state index contributed by atoms with van der Waals surface area (Å²) in [5, 5.41) is 20.0. The summed E-state index contributed by atoms with van der Waals surface area (Å²) in [7, 11) is 11.6. The molecule has 6 N–H and O–H groups in total. The number of amides is 6. The Balaban J connectivity index is 0.000000127. The van der Waals surface area contributed by atoms with Gasteiger partial charge in [-0.05, 0) is 347 Å². The largest absolute Gasteiger partial charge is 0.341 e. The molecule has 0 aromatic rings. The molecule has 0 spiro atoms. The first kappa shape index (κ1) is 91.1. The number of likely N-dealkylation sites (tertiary alicyclic amines) is 6. The van der Waals surface area contributed by atoms with Crippen LogP contribution in [0.1, 0.15) is 298 Å². The molecule has 7 saturated heterocycles. The third-order valence-electron chi connectivity index (χ3n) is 33.7. The zero-order valence-corrected chi connectivity index (χ0v) is 75.9. The summed E-state index contributed by atoms with van der Waals surface area (Å²) in [6.07, 6.45) is 51.6. The Morgan fingerprint density at radius 2 is 0.704 bits per heavy atom. The summed E-state index contributed by atoms with van der Waals surface area (Å²) in [5.74, 6) is 18.1. The third kappa shape index (κ3) is 24.3. The van der Waals surface area contributed by atoms with Gasteiger partial charge in [-0.1, -0.05) is 106 Å². The van der Waals surface area contributed by atoms with Gasteiger partial charge < -0.3 is 61.3 Å². The Morgan fingerprint density at radius 3 is 1.16 bits per heavy atom. The molecule has 6 amide bonds. The number of thioether (sulfide) groups is 1. The number of rotatable bonds is 16. The fourth-order valence-electron chi connectivity index (χ4n) is 26.7. The lowest BCUT2D eigenvalue weighted by Crippen LogP contribution is -2.54. The van der Waals surface area contributed by atoms with E-state index in [0.717, 1.165) is 181 Å². The highest BCUT2D eigenvalue weighted by Gasteiger charge is 2.52. The summed E-state index contributed by atoms with van der Waals surface area (Å²) in [5.41, 5.74) is 0.251. The van der Waals surface area contributed by atoms with E-state index in [4.69, 9.17) is 0 Å². The van der Waals surface area contributed by atoms with E-state index in [-0.39, 0.29) is 41.8 Å². The van der Waals surface area contributed by atoms with Gasteiger partial charge in [0.1, 0.15) is 0 Å². The van der Waals surface area contributed by atoms with E-state index < -0.39 is 0 Å². The van der Waals surface area contributed by atoms with Crippen molar-refractivity contribution >= 4 is 47.2 Å². The molecule has 0 aromatic heterocycles. The lowest BCUT2D eigenvalue weighted by atomic mass is 9.81. The van der Waals surface area contributed by atoms with Gasteiger partial charge in [0.05, 0.1) is 36.3 Å². The molecule has 0 radical (unpaired) electrons. The molecule has 10 aliphatic carbocycles. The predicted molar refractivity (Wildman–Crippen MR) is 471 cm³/mol. The molecule has 0 aromatic carbocycles. The van der Waals surface area contributed by atoms with Gasteiger partial charge in [-0.2, -0.15) is 11.8 Å². The minimum Gasteiger partial charge on any atom is -0.341 e. The third-order valence-corrected chi connectivity index (χ3v) is 35.1. The maximum atomic E-state index is 12.8. The summed E-state index contributed by atoms with van der Waals surface area (Å²) in [6, 6.07) is 0.848. The molecule has 10 bridgehead atoms. The average molecular weight is 1620 g/mol. The second-order valence-corrected chi connectivity index (χ2v) is 43.8. The molecule has 115 heavy (non-hydrogen) atoms. The number of carbonyl (C=O) groups is 6. The standard InChI is InChI=1S/2C17H30N2O.2C16H28N2O.C15H28N2OS.C15H26N2O/c1-12-5-6-19(17(20)16(7-12)18-2)11-15-9-13-3-4-14(8-13)10-15;1-12-6-7-19(17(20)16(8-12)18-2)11-15-10-13-4-3-5-14(15)9-13;1-11-5-6-18(16(19)15(7-11)17-2)10-14-9-12-3-4-13(14)8-12;1-11-6-7-18(16(19)14(8-11)17-2)15-10-12-4-3-5-13(15)9-12;1-12-7-8-17(15(18)14(10-12)16-2)11-13-6-4-3-5-9-19-13;1-11-5-8-17(14(18)13(9-11)16-2)15-6-3-12(10-15)4-7-15/h2*12-16,18H,3-11H2,1-2H3;2*11-15,17H,3-10H2,1-2H3;12-14,16H,3-11H2,1-2H3;11-13,16H,3-10H2,1-2H3. The molecular weight excluding hydrogens is 1450 g/mol. The average Bonchev–Trinajstić information content (AvgIpc) is 1.61. The van der Waals surface area contributed by atoms with Crippen LogP contribution >= 0.6 is 11.8 Å². The quantitative estimate of drug-likeness (QED) is 0.0856. The van der Waals surface area contributed by atoms with Crippen molar-refractivity contribution in [1.82, 2.24) is 61.3 Å². The second kappa shape index (κ2) is 43.8. The first-order valence-electron chi connectivity index (χ1n) is 49.0. The number of hydrogen-bond acceptors (Lipinski definition) is 13. The molecular formula is C96H170N12O6S. The summed E-state index contributed by atoms with van der Waals surface area (Å²) in [4.78, 5) is 89.2. The zero-order chi connectivity index (χ0) is 81.5. The van der Waals surface area contributed by atoms with E-state index in [2.05, 4.69) is 115 Å². The van der Waals surface area contributed by atoms with Crippen molar-refractivity contribution in [2.24, 2.45) is 107 Å². The van der Waals surface area contributed by atoms with Crippen LogP contribution < -0.4 is 31.9 Å². The van der Waals surface area contributed by atoms with Crippen molar-refractivity contribution in [2.45, 2.75) is 351 Å². The van der Waals surface area contributed by atoms with Crippen molar-refractivity contribution in [1.29, 1.82) is 0 Å². The number of carbonyl (C=O) groups excluding carboxylic acids is 6. The minimum atomic E-state index is 0.0354. The maximum absolute atomic E-state index is 12.8. The Bertz CT molecular complexity index is 3020. The first-order chi connectivity index (χ1) is 55.5. The van der Waals surface area contributed by atoms with Gasteiger partial charge in [-0.3, -0.25) is 28.8 Å². The number of likely N-dealkylation sites (N-methyl/N-ethyl adjacent to an activating group) is 6. The lowest BCUT2D eigenvalue weighted by Gasteiger charge is -2.41. The Labute approximate surface area is 704 Å². The van der Waals surface area contributed by atoms with Crippen LogP contribution in [0.4, 0.5) is 0 Å². The van der Waals surface area contributed by atoms with Crippen LogP contribution in [0, 0.1) is 107 Å². The molecule has 7 aliphatic heterocycles. The molecule has 17 aliphatic rings. The highest BCUT2D eigenvalue weighted by molar-refractivity contribution is 7.99. The highest BCUT2D eigenvalue weighted by atomic mass is 32.2. The number of nitrogens with zero attached hydrogens (tertiary/aromatic N) is 6. The van der Waals surface area contributed by atoms with E-state index >= 15 is 0 Å². The summed E-state index contributed by atoms with van der Waals surface area (Å²) >= 11 is 2.08. The summed E-state index contributed by atoms with van der Waals surface area (Å²) in [6.45, 7) is 23.6. The number of hydrogen-bond donors (Lipinski definition) is 6. The smallest absolute Gasteiger partial charge is 0.240 e. The molecule has 18 nitrogen and oxygen atoms in total. The predicted octanol–water partition coefficient (Wildman–Crippen LogP) is 14.7. The van der Waals surface area contributed by atoms with E-state index in [9.17, 15) is 28.8 Å². The van der Waals surface area contributed by atoms with Crippen LogP contribution in [-0.2, 0) is 28.8 Å². The molecule has 17 fully saturated rings. The van der Waals surface area contributed by atoms with E-state index in [1.165, 1.54) is 218 Å². The van der Waals surface area contributed by atoms with Crippen LogP contribution in [-0.4, -0.2) is 231 Å². The van der Waals surface area contributed by atoms with E-state index in [1.807, 2.05) is 42.3 Å². The van der Waals surface area contributed by atoms with Gasteiger partial charge in [0, 0.05) is 82.3 Å². The molecule has 10 saturated carbocycles. The van der Waals surface area contributed by atoms with Crippen molar-refractivity contribution < 1.29 is 28.8 Å². The van der Waals surface area contributed by atoms with Gasteiger partial charge in [0.15, 0.2) is 0 Å². The van der Waals surface area contributed by atoms with Gasteiger partial charge in [0.25, 0.3) is 0 Å². The van der Waals surface area contributed by atoms with E-state index in [0.29, 0.717) is 82.2 Å². The van der Waals surface area contributed by atoms with Crippen molar-refractivity contribution in [3.8, 4) is 0 Å². The van der Waals surface area contributed by atoms with Crippen molar-refractivity contribution in [3.63, 3.8) is 0 Å². The minimum absolute atomic E-state index is 0.0354. The van der Waals surface area contributed by atoms with Crippen LogP contribution in [0.25, 0.3) is 0 Å². The fraction of sp³-hybridized carbons (Fsp3) is 0.938.